The molecule has 0 heterocycles. The first kappa shape index (κ1) is 12.8. The average molecular weight is 289 g/mol. The van der Waals surface area contributed by atoms with Crippen LogP contribution in [0.1, 0.15) is 6.92 Å². The number of hydrogen-bond acceptors (Lipinski definition) is 4. The SMILES string of the molecule is CO[As](=O)(O)c1ccc(NC(C)=O)cc1O. The van der Waals surface area contributed by atoms with E-state index in [9.17, 15) is 17.7 Å². The molecule has 1 atom stereocenters. The summed E-state index contributed by atoms with van der Waals surface area (Å²) in [5, 5.41) is 12.0. The van der Waals surface area contributed by atoms with E-state index in [0.717, 1.165) is 7.11 Å². The number of hydrogen-bond donors (Lipinski definition) is 3. The van der Waals surface area contributed by atoms with Crippen LogP contribution in [0.4, 0.5) is 5.69 Å². The zero-order valence-corrected chi connectivity index (χ0v) is 10.7. The van der Waals surface area contributed by atoms with Crippen molar-refractivity contribution < 1.29 is 21.5 Å². The van der Waals surface area contributed by atoms with Gasteiger partial charge in [0.15, 0.2) is 0 Å². The molecule has 88 valence electrons. The maximum absolute atomic E-state index is 11.5. The quantitative estimate of drug-likeness (QED) is 0.656. The fourth-order valence-corrected chi connectivity index (χ4v) is 2.85. The van der Waals surface area contributed by atoms with Gasteiger partial charge in [-0.1, -0.05) is 0 Å². The number of aromatic hydroxyl groups is 1. The molecule has 0 bridgehead atoms. The van der Waals surface area contributed by atoms with Gasteiger partial charge in [-0.2, -0.15) is 0 Å². The van der Waals surface area contributed by atoms with Crippen LogP contribution in [0.2, 0.25) is 0 Å². The maximum atomic E-state index is 11.5. The first-order chi connectivity index (χ1) is 7.36. The third-order valence-corrected chi connectivity index (χ3v) is 4.96. The second kappa shape index (κ2) is 4.74. The molecule has 0 saturated carbocycles. The van der Waals surface area contributed by atoms with Crippen LogP contribution in [-0.4, -0.2) is 36.4 Å². The van der Waals surface area contributed by atoms with Crippen LogP contribution in [0.3, 0.4) is 0 Å². The topological polar surface area (TPSA) is 95.9 Å². The van der Waals surface area contributed by atoms with E-state index >= 15 is 0 Å². The molecule has 0 aliphatic heterocycles. The summed E-state index contributed by atoms with van der Waals surface area (Å²) < 4.78 is 25.2. The normalized spacial score (nSPS) is 14.2. The van der Waals surface area contributed by atoms with Crippen molar-refractivity contribution >= 4 is 30.1 Å². The molecule has 3 N–H and O–H groups in total. The number of rotatable bonds is 3. The van der Waals surface area contributed by atoms with Gasteiger partial charge in [0.2, 0.25) is 0 Å². The van der Waals surface area contributed by atoms with Gasteiger partial charge in [-0.25, -0.2) is 0 Å². The van der Waals surface area contributed by atoms with Gasteiger partial charge in [0.05, 0.1) is 0 Å². The molecule has 1 rings (SSSR count). The number of anilines is 1. The first-order valence-corrected chi connectivity index (χ1v) is 7.67. The number of nitrogens with one attached hydrogen (secondary N) is 1. The Balaban J connectivity index is 3.10. The Morgan fingerprint density at radius 3 is 2.56 bits per heavy atom. The molecule has 0 aliphatic carbocycles. The van der Waals surface area contributed by atoms with Gasteiger partial charge >= 0.3 is 94.9 Å². The van der Waals surface area contributed by atoms with Crippen molar-refractivity contribution in [3.05, 3.63) is 18.2 Å². The van der Waals surface area contributed by atoms with E-state index in [-0.39, 0.29) is 16.0 Å². The third kappa shape index (κ3) is 2.88. The van der Waals surface area contributed by atoms with Crippen molar-refractivity contribution in [3.8, 4) is 5.75 Å². The molecular weight excluding hydrogens is 277 g/mol. The van der Waals surface area contributed by atoms with Gasteiger partial charge in [0.25, 0.3) is 0 Å². The Kier molecular flexibility index (Phi) is 3.80. The molecule has 1 aromatic rings. The fraction of sp³-hybridized carbons (Fsp3) is 0.222. The van der Waals surface area contributed by atoms with E-state index in [4.69, 9.17) is 0 Å². The second-order valence-electron chi connectivity index (χ2n) is 3.09. The first-order valence-electron chi connectivity index (χ1n) is 4.36. The van der Waals surface area contributed by atoms with Crippen molar-refractivity contribution in [3.63, 3.8) is 0 Å². The number of carbonyl (C=O) groups excluding carboxylic acids is 1. The van der Waals surface area contributed by atoms with E-state index in [1.54, 1.807) is 0 Å². The average Bonchev–Trinajstić information content (AvgIpc) is 2.16. The van der Waals surface area contributed by atoms with Crippen molar-refractivity contribution in [2.24, 2.45) is 0 Å². The molecule has 0 radical (unpaired) electrons. The van der Waals surface area contributed by atoms with E-state index < -0.39 is 14.2 Å². The van der Waals surface area contributed by atoms with Gasteiger partial charge in [0.1, 0.15) is 0 Å². The molecular formula is C9H12AsNO5. The minimum absolute atomic E-state index is 0.144. The number of phenols is 1. The number of phenolic OH excluding ortho intramolecular Hbond substituents is 1. The molecule has 1 amide bonds. The summed E-state index contributed by atoms with van der Waals surface area (Å²) in [5.41, 5.74) is 0.348. The summed E-state index contributed by atoms with van der Waals surface area (Å²) in [7, 11) is 1.10. The van der Waals surface area contributed by atoms with Gasteiger partial charge in [-0.3, -0.25) is 0 Å². The molecule has 7 heteroatoms. The van der Waals surface area contributed by atoms with Gasteiger partial charge in [0, 0.05) is 0 Å². The summed E-state index contributed by atoms with van der Waals surface area (Å²) in [5.74, 6) is -0.672. The van der Waals surface area contributed by atoms with Crippen LogP contribution in [0.25, 0.3) is 0 Å². The van der Waals surface area contributed by atoms with Gasteiger partial charge < -0.3 is 0 Å². The summed E-state index contributed by atoms with van der Waals surface area (Å²) >= 11 is -4.62. The summed E-state index contributed by atoms with van der Waals surface area (Å²) in [6, 6.07) is 3.86. The second-order valence-corrected chi connectivity index (χ2v) is 7.05. The molecule has 1 unspecified atom stereocenters. The van der Waals surface area contributed by atoms with E-state index in [0.29, 0.717) is 5.69 Å². The molecule has 1 aromatic carbocycles. The zero-order chi connectivity index (χ0) is 12.3. The predicted octanol–water partition coefficient (Wildman–Crippen LogP) is -0.434. The third-order valence-electron chi connectivity index (χ3n) is 1.85. The van der Waals surface area contributed by atoms with Crippen LogP contribution < -0.4 is 9.67 Å². The van der Waals surface area contributed by atoms with Gasteiger partial charge in [-0.05, 0) is 0 Å². The number of benzene rings is 1. The molecule has 0 saturated heterocycles. The number of carbonyl (C=O) groups is 1. The van der Waals surface area contributed by atoms with Crippen LogP contribution in [-0.2, 0) is 12.3 Å². The van der Waals surface area contributed by atoms with Crippen molar-refractivity contribution in [1.29, 1.82) is 0 Å². The molecule has 0 aliphatic rings. The van der Waals surface area contributed by atoms with Crippen LogP contribution in [0, 0.1) is 0 Å². The standard InChI is InChI=1S/C9H12AsNO5/c1-6(12)11-7-3-4-8(9(13)5-7)10(14,15)16-2/h3-5,13H,1-2H3,(H,11,12)(H,14,15). The predicted molar refractivity (Wildman–Crippen MR) is 57.7 cm³/mol. The summed E-state index contributed by atoms with van der Waals surface area (Å²) in [4.78, 5) is 10.7. The van der Waals surface area contributed by atoms with Crippen LogP contribution in [0.15, 0.2) is 18.2 Å². The monoisotopic (exact) mass is 289 g/mol. The summed E-state index contributed by atoms with van der Waals surface area (Å²) in [6.45, 7) is 1.32. The molecule has 0 fully saturated rings. The molecule has 16 heavy (non-hydrogen) atoms. The van der Waals surface area contributed by atoms with Crippen molar-refractivity contribution in [2.45, 2.75) is 6.92 Å². The van der Waals surface area contributed by atoms with Crippen molar-refractivity contribution in [1.82, 2.24) is 0 Å². The zero-order valence-electron chi connectivity index (χ0n) is 8.80. The Labute approximate surface area is 95.2 Å². The van der Waals surface area contributed by atoms with Crippen LogP contribution >= 0.6 is 0 Å². The Bertz CT molecular complexity index is 459. The van der Waals surface area contributed by atoms with E-state index in [1.807, 2.05) is 0 Å². The van der Waals surface area contributed by atoms with E-state index in [1.165, 1.54) is 25.1 Å². The van der Waals surface area contributed by atoms with E-state index in [2.05, 4.69) is 9.04 Å². The van der Waals surface area contributed by atoms with Crippen molar-refractivity contribution in [2.75, 3.05) is 12.4 Å². The molecule has 0 aromatic heterocycles. The van der Waals surface area contributed by atoms with Crippen LogP contribution in [0.5, 0.6) is 5.75 Å². The Hall–Kier alpha value is -1.23. The Morgan fingerprint density at radius 1 is 1.50 bits per heavy atom. The minimum atomic E-state index is -4.62. The number of amides is 1. The fourth-order valence-electron chi connectivity index (χ4n) is 1.14. The Morgan fingerprint density at radius 2 is 2.12 bits per heavy atom. The molecule has 0 spiro atoms. The molecule has 6 nitrogen and oxygen atoms in total. The summed E-state index contributed by atoms with van der Waals surface area (Å²) in [6.07, 6.45) is 0. The van der Waals surface area contributed by atoms with Gasteiger partial charge in [-0.15, -0.1) is 0 Å².